The molecule has 0 amide bonds. The average Bonchev–Trinajstić information content (AvgIpc) is 2.66. The van der Waals surface area contributed by atoms with Crippen LogP contribution in [-0.2, 0) is 0 Å². The minimum Gasteiger partial charge on any atom is -0.507 e. The Kier molecular flexibility index (Phi) is 4.27. The maximum atomic E-state index is 10.8. The lowest BCUT2D eigenvalue weighted by atomic mass is 9.92. The standard InChI is InChI=1S/C25H24O2/c1-25(2,3)16-27-22-15-13-18-9-5-7-11-20(18)24(22)23-19-10-6-4-8-17(19)12-14-21(23)26/h4-15,26H,16H2,1-3H3. The van der Waals surface area contributed by atoms with Crippen molar-refractivity contribution in [2.75, 3.05) is 6.61 Å². The largest absolute Gasteiger partial charge is 0.507 e. The zero-order chi connectivity index (χ0) is 19.0. The second kappa shape index (κ2) is 6.62. The zero-order valence-corrected chi connectivity index (χ0v) is 16.0. The molecule has 0 aliphatic heterocycles. The Balaban J connectivity index is 2.04. The molecule has 4 aromatic rings. The maximum Gasteiger partial charge on any atom is 0.127 e. The summed E-state index contributed by atoms with van der Waals surface area (Å²) in [6.07, 6.45) is 0. The Morgan fingerprint density at radius 2 is 1.26 bits per heavy atom. The summed E-state index contributed by atoms with van der Waals surface area (Å²) in [5, 5.41) is 15.1. The van der Waals surface area contributed by atoms with Crippen LogP contribution in [-0.4, -0.2) is 11.7 Å². The van der Waals surface area contributed by atoms with Crippen molar-refractivity contribution in [3.63, 3.8) is 0 Å². The molecule has 27 heavy (non-hydrogen) atoms. The summed E-state index contributed by atoms with van der Waals surface area (Å²) in [5.41, 5.74) is 1.82. The van der Waals surface area contributed by atoms with Crippen molar-refractivity contribution in [1.29, 1.82) is 0 Å². The lowest BCUT2D eigenvalue weighted by molar-refractivity contribution is 0.199. The molecule has 0 bridgehead atoms. The fourth-order valence-corrected chi connectivity index (χ4v) is 3.45. The number of rotatable bonds is 3. The summed E-state index contributed by atoms with van der Waals surface area (Å²) in [7, 11) is 0. The minimum absolute atomic E-state index is 0.0454. The molecule has 0 spiro atoms. The molecule has 0 fully saturated rings. The molecule has 0 aliphatic carbocycles. The van der Waals surface area contributed by atoms with E-state index in [9.17, 15) is 5.11 Å². The van der Waals surface area contributed by atoms with Gasteiger partial charge in [0.15, 0.2) is 0 Å². The van der Waals surface area contributed by atoms with Crippen molar-refractivity contribution in [3.05, 3.63) is 72.8 Å². The Labute approximate surface area is 160 Å². The molecule has 0 saturated heterocycles. The first kappa shape index (κ1) is 17.4. The Morgan fingerprint density at radius 1 is 0.704 bits per heavy atom. The van der Waals surface area contributed by atoms with E-state index in [1.807, 2.05) is 36.4 Å². The van der Waals surface area contributed by atoms with Gasteiger partial charge in [0.05, 0.1) is 6.61 Å². The number of phenolic OH excluding ortho intramolecular Hbond substituents is 1. The molecular formula is C25H24O2. The van der Waals surface area contributed by atoms with Crippen molar-refractivity contribution in [3.8, 4) is 22.6 Å². The van der Waals surface area contributed by atoms with Gasteiger partial charge >= 0.3 is 0 Å². The molecule has 0 radical (unpaired) electrons. The monoisotopic (exact) mass is 356 g/mol. The number of aromatic hydroxyl groups is 1. The van der Waals surface area contributed by atoms with E-state index in [0.717, 1.165) is 38.4 Å². The van der Waals surface area contributed by atoms with Gasteiger partial charge < -0.3 is 9.84 Å². The summed E-state index contributed by atoms with van der Waals surface area (Å²) < 4.78 is 6.26. The molecular weight excluding hydrogens is 332 g/mol. The highest BCUT2D eigenvalue weighted by atomic mass is 16.5. The summed E-state index contributed by atoms with van der Waals surface area (Å²) in [6.45, 7) is 7.07. The average molecular weight is 356 g/mol. The summed E-state index contributed by atoms with van der Waals surface area (Å²) in [5.74, 6) is 1.07. The van der Waals surface area contributed by atoms with Gasteiger partial charge in [-0.1, -0.05) is 81.4 Å². The fourth-order valence-electron chi connectivity index (χ4n) is 3.45. The molecule has 0 saturated carbocycles. The van der Waals surface area contributed by atoms with Crippen molar-refractivity contribution in [1.82, 2.24) is 0 Å². The SMILES string of the molecule is CC(C)(C)COc1ccc2ccccc2c1-c1c(O)ccc2ccccc12. The van der Waals surface area contributed by atoms with E-state index in [0.29, 0.717) is 6.61 Å². The number of fused-ring (bicyclic) bond motifs is 2. The van der Waals surface area contributed by atoms with E-state index >= 15 is 0 Å². The fraction of sp³-hybridized carbons (Fsp3) is 0.200. The molecule has 136 valence electrons. The van der Waals surface area contributed by atoms with Crippen LogP contribution in [0.15, 0.2) is 72.8 Å². The van der Waals surface area contributed by atoms with E-state index in [-0.39, 0.29) is 11.2 Å². The lowest BCUT2D eigenvalue weighted by Gasteiger charge is -2.22. The molecule has 2 heteroatoms. The first-order chi connectivity index (χ1) is 12.9. The van der Waals surface area contributed by atoms with E-state index in [1.54, 1.807) is 6.07 Å². The summed E-state index contributed by atoms with van der Waals surface area (Å²) in [4.78, 5) is 0. The number of hydrogen-bond acceptors (Lipinski definition) is 2. The van der Waals surface area contributed by atoms with Crippen LogP contribution < -0.4 is 4.74 Å². The molecule has 0 unspecified atom stereocenters. The zero-order valence-electron chi connectivity index (χ0n) is 16.0. The minimum atomic E-state index is 0.0454. The molecule has 0 aromatic heterocycles. The van der Waals surface area contributed by atoms with Gasteiger partial charge in [-0.15, -0.1) is 0 Å². The predicted octanol–water partition coefficient (Wildman–Crippen LogP) is 6.79. The van der Waals surface area contributed by atoms with Gasteiger partial charge in [-0.2, -0.15) is 0 Å². The number of ether oxygens (including phenoxy) is 1. The number of benzene rings is 4. The Hall–Kier alpha value is -3.00. The first-order valence-electron chi connectivity index (χ1n) is 9.30. The highest BCUT2D eigenvalue weighted by Crippen LogP contribution is 2.45. The third-order valence-corrected chi connectivity index (χ3v) is 4.71. The third kappa shape index (κ3) is 3.35. The maximum absolute atomic E-state index is 10.8. The molecule has 4 rings (SSSR count). The molecule has 0 atom stereocenters. The van der Waals surface area contributed by atoms with E-state index in [1.165, 1.54) is 0 Å². The van der Waals surface area contributed by atoms with Crippen LogP contribution >= 0.6 is 0 Å². The highest BCUT2D eigenvalue weighted by molar-refractivity contribution is 6.09. The van der Waals surface area contributed by atoms with Gasteiger partial charge in [0, 0.05) is 11.1 Å². The van der Waals surface area contributed by atoms with Gasteiger partial charge in [-0.05, 0) is 39.1 Å². The second-order valence-electron chi connectivity index (χ2n) is 8.19. The Morgan fingerprint density at radius 3 is 1.89 bits per heavy atom. The van der Waals surface area contributed by atoms with Crippen LogP contribution in [0.5, 0.6) is 11.5 Å². The quantitative estimate of drug-likeness (QED) is 0.438. The topological polar surface area (TPSA) is 29.5 Å². The van der Waals surface area contributed by atoms with Crippen molar-refractivity contribution >= 4 is 21.5 Å². The van der Waals surface area contributed by atoms with E-state index in [2.05, 4.69) is 51.1 Å². The lowest BCUT2D eigenvalue weighted by Crippen LogP contribution is -2.17. The highest BCUT2D eigenvalue weighted by Gasteiger charge is 2.19. The number of phenols is 1. The van der Waals surface area contributed by atoms with Crippen molar-refractivity contribution in [2.45, 2.75) is 20.8 Å². The van der Waals surface area contributed by atoms with Crippen LogP contribution in [0.25, 0.3) is 32.7 Å². The smallest absolute Gasteiger partial charge is 0.127 e. The molecule has 0 aliphatic rings. The van der Waals surface area contributed by atoms with Crippen LogP contribution in [0.1, 0.15) is 20.8 Å². The van der Waals surface area contributed by atoms with Crippen LogP contribution in [0.2, 0.25) is 0 Å². The number of hydrogen-bond donors (Lipinski definition) is 1. The molecule has 2 nitrogen and oxygen atoms in total. The second-order valence-corrected chi connectivity index (χ2v) is 8.19. The predicted molar refractivity (Wildman–Crippen MR) is 114 cm³/mol. The van der Waals surface area contributed by atoms with Gasteiger partial charge in [0.2, 0.25) is 0 Å². The van der Waals surface area contributed by atoms with Gasteiger partial charge in [0.25, 0.3) is 0 Å². The van der Waals surface area contributed by atoms with Crippen molar-refractivity contribution in [2.24, 2.45) is 5.41 Å². The van der Waals surface area contributed by atoms with Gasteiger partial charge in [-0.25, -0.2) is 0 Å². The third-order valence-electron chi connectivity index (χ3n) is 4.71. The van der Waals surface area contributed by atoms with Crippen LogP contribution in [0.3, 0.4) is 0 Å². The summed E-state index contributed by atoms with van der Waals surface area (Å²) >= 11 is 0. The van der Waals surface area contributed by atoms with Crippen LogP contribution in [0, 0.1) is 5.41 Å². The normalized spacial score (nSPS) is 11.8. The van der Waals surface area contributed by atoms with Gasteiger partial charge in [-0.3, -0.25) is 0 Å². The van der Waals surface area contributed by atoms with Gasteiger partial charge in [0.1, 0.15) is 11.5 Å². The molecule has 4 aromatic carbocycles. The Bertz CT molecular complexity index is 1120. The molecule has 1 N–H and O–H groups in total. The van der Waals surface area contributed by atoms with E-state index in [4.69, 9.17) is 4.74 Å². The van der Waals surface area contributed by atoms with Crippen molar-refractivity contribution < 1.29 is 9.84 Å². The van der Waals surface area contributed by atoms with E-state index < -0.39 is 0 Å². The molecule has 0 heterocycles. The van der Waals surface area contributed by atoms with Crippen LogP contribution in [0.4, 0.5) is 0 Å². The summed E-state index contributed by atoms with van der Waals surface area (Å²) in [6, 6.07) is 24.2. The first-order valence-corrected chi connectivity index (χ1v) is 9.30.